The van der Waals surface area contributed by atoms with Crippen LogP contribution in [0.4, 0.5) is 17.5 Å². The van der Waals surface area contributed by atoms with Crippen molar-refractivity contribution in [1.82, 2.24) is 9.97 Å². The summed E-state index contributed by atoms with van der Waals surface area (Å²) in [4.78, 5) is 8.95. The van der Waals surface area contributed by atoms with Gasteiger partial charge in [-0.3, -0.25) is 0 Å². The Hall–Kier alpha value is -2.10. The first-order valence-corrected chi connectivity index (χ1v) is 8.06. The van der Waals surface area contributed by atoms with Crippen molar-refractivity contribution >= 4 is 17.5 Å². The largest absolute Gasteiger partial charge is 0.367 e. The monoisotopic (exact) mass is 296 g/mol. The molecule has 2 aromatic rings. The maximum absolute atomic E-state index is 4.60. The molecule has 0 atom stereocenters. The van der Waals surface area contributed by atoms with E-state index in [-0.39, 0.29) is 0 Å². The quantitative estimate of drug-likeness (QED) is 0.872. The van der Waals surface area contributed by atoms with Crippen molar-refractivity contribution in [3.8, 4) is 0 Å². The zero-order chi connectivity index (χ0) is 15.5. The van der Waals surface area contributed by atoms with Gasteiger partial charge < -0.3 is 10.6 Å². The van der Waals surface area contributed by atoms with Crippen LogP contribution in [0, 0.1) is 20.8 Å². The summed E-state index contributed by atoms with van der Waals surface area (Å²) in [7, 11) is 0. The molecule has 1 heterocycles. The fourth-order valence-corrected chi connectivity index (χ4v) is 3.27. The molecule has 0 radical (unpaired) electrons. The standard InChI is InChI=1S/C18H24N4/c1-12-10-13(2)17(14(3)11-12)22-18-19-9-8-16(21-18)20-15-6-4-5-7-15/h8-11,15H,4-7H2,1-3H3,(H2,19,20,21,22). The van der Waals surface area contributed by atoms with Crippen LogP contribution in [0.15, 0.2) is 24.4 Å². The van der Waals surface area contributed by atoms with Crippen molar-refractivity contribution in [2.24, 2.45) is 0 Å². The summed E-state index contributed by atoms with van der Waals surface area (Å²) in [5.74, 6) is 1.56. The highest BCUT2D eigenvalue weighted by atomic mass is 15.1. The number of aromatic nitrogens is 2. The second kappa shape index (κ2) is 6.34. The average Bonchev–Trinajstić information content (AvgIpc) is 2.96. The molecule has 4 nitrogen and oxygen atoms in total. The lowest BCUT2D eigenvalue weighted by atomic mass is 10.1. The van der Waals surface area contributed by atoms with Gasteiger partial charge in [-0.2, -0.15) is 4.98 Å². The smallest absolute Gasteiger partial charge is 0.229 e. The van der Waals surface area contributed by atoms with Crippen molar-refractivity contribution in [2.75, 3.05) is 10.6 Å². The second-order valence-corrected chi connectivity index (χ2v) is 6.29. The number of benzene rings is 1. The molecule has 0 spiro atoms. The van der Waals surface area contributed by atoms with Gasteiger partial charge in [0.05, 0.1) is 0 Å². The molecule has 1 aliphatic rings. The third kappa shape index (κ3) is 3.38. The van der Waals surface area contributed by atoms with Crippen molar-refractivity contribution in [2.45, 2.75) is 52.5 Å². The predicted molar refractivity (Wildman–Crippen MR) is 91.8 cm³/mol. The van der Waals surface area contributed by atoms with Crippen LogP contribution in [0.5, 0.6) is 0 Å². The molecule has 22 heavy (non-hydrogen) atoms. The van der Waals surface area contributed by atoms with Crippen LogP contribution in [0.1, 0.15) is 42.4 Å². The second-order valence-electron chi connectivity index (χ2n) is 6.29. The van der Waals surface area contributed by atoms with Crippen LogP contribution in [0.2, 0.25) is 0 Å². The molecule has 0 saturated heterocycles. The van der Waals surface area contributed by atoms with Gasteiger partial charge in [0.2, 0.25) is 5.95 Å². The van der Waals surface area contributed by atoms with Crippen LogP contribution in [0.3, 0.4) is 0 Å². The number of nitrogens with one attached hydrogen (secondary N) is 2. The Morgan fingerprint density at radius 3 is 2.41 bits per heavy atom. The van der Waals surface area contributed by atoms with E-state index < -0.39 is 0 Å². The molecular weight excluding hydrogens is 272 g/mol. The fourth-order valence-electron chi connectivity index (χ4n) is 3.27. The Bertz CT molecular complexity index is 637. The molecule has 1 aromatic carbocycles. The van der Waals surface area contributed by atoms with Crippen molar-refractivity contribution in [1.29, 1.82) is 0 Å². The van der Waals surface area contributed by atoms with Crippen molar-refractivity contribution in [3.05, 3.63) is 41.1 Å². The summed E-state index contributed by atoms with van der Waals surface area (Å²) >= 11 is 0. The molecule has 0 aliphatic heterocycles. The van der Waals surface area contributed by atoms with Gasteiger partial charge in [0.15, 0.2) is 0 Å². The first-order chi connectivity index (χ1) is 10.6. The highest BCUT2D eigenvalue weighted by Crippen LogP contribution is 2.25. The Kier molecular flexibility index (Phi) is 4.27. The number of hydrogen-bond acceptors (Lipinski definition) is 4. The predicted octanol–water partition coefficient (Wildman–Crippen LogP) is 4.50. The highest BCUT2D eigenvalue weighted by Gasteiger charge is 2.15. The third-order valence-electron chi connectivity index (χ3n) is 4.28. The molecule has 1 fully saturated rings. The van der Waals surface area contributed by atoms with E-state index in [0.29, 0.717) is 12.0 Å². The normalized spacial score (nSPS) is 15.0. The summed E-state index contributed by atoms with van der Waals surface area (Å²) in [6.07, 6.45) is 6.92. The Balaban J connectivity index is 1.78. The van der Waals surface area contributed by atoms with E-state index in [1.165, 1.54) is 42.4 Å². The van der Waals surface area contributed by atoms with Crippen molar-refractivity contribution < 1.29 is 0 Å². The Labute approximate surface area is 132 Å². The van der Waals surface area contributed by atoms with Gasteiger partial charge in [-0.25, -0.2) is 4.98 Å². The minimum atomic E-state index is 0.561. The molecule has 4 heteroatoms. The zero-order valence-corrected chi connectivity index (χ0v) is 13.6. The molecule has 3 rings (SSSR count). The maximum atomic E-state index is 4.60. The number of aryl methyl sites for hydroxylation is 3. The summed E-state index contributed by atoms with van der Waals surface area (Å²) < 4.78 is 0. The van der Waals surface area contributed by atoms with Crippen molar-refractivity contribution in [3.63, 3.8) is 0 Å². The molecule has 2 N–H and O–H groups in total. The molecule has 116 valence electrons. The third-order valence-corrected chi connectivity index (χ3v) is 4.28. The van der Waals surface area contributed by atoms with E-state index >= 15 is 0 Å². The lowest BCUT2D eigenvalue weighted by Gasteiger charge is -2.15. The molecule has 0 unspecified atom stereocenters. The Morgan fingerprint density at radius 2 is 1.73 bits per heavy atom. The first kappa shape index (κ1) is 14.8. The summed E-state index contributed by atoms with van der Waals surface area (Å²) in [6, 6.07) is 6.86. The number of anilines is 3. The first-order valence-electron chi connectivity index (χ1n) is 8.06. The van der Waals surface area contributed by atoms with Gasteiger partial charge in [0.1, 0.15) is 5.82 Å². The van der Waals surface area contributed by atoms with Crippen LogP contribution >= 0.6 is 0 Å². The zero-order valence-electron chi connectivity index (χ0n) is 13.6. The van der Waals surface area contributed by atoms with Crippen LogP contribution in [-0.4, -0.2) is 16.0 Å². The van der Waals surface area contributed by atoms with E-state index in [4.69, 9.17) is 0 Å². The lowest BCUT2D eigenvalue weighted by Crippen LogP contribution is -2.16. The fraction of sp³-hybridized carbons (Fsp3) is 0.444. The minimum Gasteiger partial charge on any atom is -0.367 e. The lowest BCUT2D eigenvalue weighted by molar-refractivity contribution is 0.750. The van der Waals surface area contributed by atoms with E-state index in [1.54, 1.807) is 0 Å². The summed E-state index contributed by atoms with van der Waals surface area (Å²) in [5.41, 5.74) is 4.81. The van der Waals surface area contributed by atoms with Gasteiger partial charge >= 0.3 is 0 Å². The molecule has 1 aliphatic carbocycles. The number of hydrogen-bond donors (Lipinski definition) is 2. The maximum Gasteiger partial charge on any atom is 0.229 e. The van der Waals surface area contributed by atoms with E-state index in [1.807, 2.05) is 12.3 Å². The van der Waals surface area contributed by atoms with Gasteiger partial charge in [0, 0.05) is 17.9 Å². The molecule has 0 amide bonds. The van der Waals surface area contributed by atoms with Gasteiger partial charge in [-0.05, 0) is 50.8 Å². The Morgan fingerprint density at radius 1 is 1.05 bits per heavy atom. The van der Waals surface area contributed by atoms with Crippen LogP contribution in [-0.2, 0) is 0 Å². The average molecular weight is 296 g/mol. The molecule has 1 saturated carbocycles. The van der Waals surface area contributed by atoms with Crippen LogP contribution < -0.4 is 10.6 Å². The summed E-state index contributed by atoms with van der Waals surface area (Å²) in [5, 5.41) is 6.89. The van der Waals surface area contributed by atoms with Gasteiger partial charge in [-0.1, -0.05) is 30.5 Å². The van der Waals surface area contributed by atoms with E-state index in [9.17, 15) is 0 Å². The molecule has 0 bridgehead atoms. The van der Waals surface area contributed by atoms with Crippen LogP contribution in [0.25, 0.3) is 0 Å². The van der Waals surface area contributed by atoms with E-state index in [0.717, 1.165) is 11.5 Å². The highest BCUT2D eigenvalue weighted by molar-refractivity contribution is 5.64. The number of nitrogens with zero attached hydrogens (tertiary/aromatic N) is 2. The SMILES string of the molecule is Cc1cc(C)c(Nc2nccc(NC3CCCC3)n2)c(C)c1. The van der Waals surface area contributed by atoms with Gasteiger partial charge in [-0.15, -0.1) is 0 Å². The van der Waals surface area contributed by atoms with E-state index in [2.05, 4.69) is 53.5 Å². The van der Waals surface area contributed by atoms with Gasteiger partial charge in [0.25, 0.3) is 0 Å². The number of rotatable bonds is 4. The minimum absolute atomic E-state index is 0.561. The molecule has 1 aromatic heterocycles. The summed E-state index contributed by atoms with van der Waals surface area (Å²) in [6.45, 7) is 6.35. The molecular formula is C18H24N4. The topological polar surface area (TPSA) is 49.8 Å².